The number of imidazole rings is 1. The first-order valence-corrected chi connectivity index (χ1v) is 11.8. The van der Waals surface area contributed by atoms with Gasteiger partial charge in [0.15, 0.2) is 6.79 Å². The third-order valence-corrected chi connectivity index (χ3v) is 6.40. The van der Waals surface area contributed by atoms with Gasteiger partial charge in [0.2, 0.25) is 11.8 Å². The summed E-state index contributed by atoms with van der Waals surface area (Å²) in [7, 11) is 2.91. The average molecular weight is 493 g/mol. The van der Waals surface area contributed by atoms with Crippen LogP contribution in [0.15, 0.2) is 42.5 Å². The van der Waals surface area contributed by atoms with Crippen LogP contribution in [0.3, 0.4) is 0 Å². The fourth-order valence-electron chi connectivity index (χ4n) is 4.38. The highest BCUT2D eigenvalue weighted by atomic mass is 16.7. The monoisotopic (exact) mass is 492 g/mol. The zero-order valence-electron chi connectivity index (χ0n) is 20.3. The Balaban J connectivity index is 1.38. The zero-order chi connectivity index (χ0) is 25.1. The van der Waals surface area contributed by atoms with Gasteiger partial charge in [0.25, 0.3) is 0 Å². The molecule has 1 aromatic carbocycles. The molecule has 2 aliphatic rings. The average Bonchev–Trinajstić information content (AvgIpc) is 3.21. The molecule has 0 spiro atoms. The molecule has 10 heteroatoms. The number of nitrogens with zero attached hydrogens (tertiary/aromatic N) is 4. The quantitative estimate of drug-likeness (QED) is 0.332. The van der Waals surface area contributed by atoms with Gasteiger partial charge < -0.3 is 28.4 Å². The van der Waals surface area contributed by atoms with Gasteiger partial charge >= 0.3 is 5.97 Å². The first kappa shape index (κ1) is 24.0. The molecule has 0 aliphatic carbocycles. The molecule has 3 aromatic rings. The predicted octanol–water partition coefficient (Wildman–Crippen LogP) is 2.81. The van der Waals surface area contributed by atoms with Crippen molar-refractivity contribution < 1.29 is 28.5 Å². The van der Waals surface area contributed by atoms with Gasteiger partial charge in [0.1, 0.15) is 5.82 Å². The van der Waals surface area contributed by atoms with Gasteiger partial charge in [-0.2, -0.15) is 0 Å². The molecular weight excluding hydrogens is 464 g/mol. The molecule has 1 amide bonds. The lowest BCUT2D eigenvalue weighted by atomic mass is 10.0. The normalized spacial score (nSPS) is 17.6. The van der Waals surface area contributed by atoms with Crippen LogP contribution in [-0.4, -0.2) is 71.6 Å². The number of ether oxygens (including phenoxy) is 4. The Bertz CT molecular complexity index is 1310. The summed E-state index contributed by atoms with van der Waals surface area (Å²) in [5, 5.41) is 0. The van der Waals surface area contributed by atoms with Gasteiger partial charge in [0.05, 0.1) is 48.6 Å². The summed E-state index contributed by atoms with van der Waals surface area (Å²) >= 11 is 0. The van der Waals surface area contributed by atoms with Crippen molar-refractivity contribution in [3.8, 4) is 5.88 Å². The summed E-state index contributed by atoms with van der Waals surface area (Å²) in [5.41, 5.74) is 3.61. The van der Waals surface area contributed by atoms with Crippen molar-refractivity contribution in [3.05, 3.63) is 59.6 Å². The van der Waals surface area contributed by atoms with Crippen LogP contribution in [0.5, 0.6) is 5.88 Å². The van der Waals surface area contributed by atoms with Crippen molar-refractivity contribution in [1.29, 1.82) is 0 Å². The smallest absolute Gasteiger partial charge is 0.337 e. The fourth-order valence-corrected chi connectivity index (χ4v) is 4.38. The van der Waals surface area contributed by atoms with E-state index in [2.05, 4.69) is 9.55 Å². The maximum Gasteiger partial charge on any atom is 0.337 e. The number of carbonyl (C=O) groups is 2. The number of methoxy groups -OCH3 is 2. The van der Waals surface area contributed by atoms with E-state index in [4.69, 9.17) is 23.9 Å². The van der Waals surface area contributed by atoms with Gasteiger partial charge in [-0.25, -0.2) is 14.8 Å². The highest BCUT2D eigenvalue weighted by Crippen LogP contribution is 2.27. The molecule has 0 saturated carbocycles. The first-order valence-electron chi connectivity index (χ1n) is 11.8. The molecule has 10 nitrogen and oxygen atoms in total. The number of hydrogen-bond acceptors (Lipinski definition) is 8. The molecule has 4 heterocycles. The minimum absolute atomic E-state index is 0.0881. The van der Waals surface area contributed by atoms with Crippen molar-refractivity contribution in [2.75, 3.05) is 34.2 Å². The number of rotatable bonds is 9. The first-order chi connectivity index (χ1) is 17.6. The number of aromatic nitrogens is 3. The second-order valence-electron chi connectivity index (χ2n) is 8.71. The maximum absolute atomic E-state index is 13.1. The van der Waals surface area contributed by atoms with Crippen molar-refractivity contribution in [2.24, 2.45) is 0 Å². The van der Waals surface area contributed by atoms with Crippen molar-refractivity contribution in [2.45, 2.75) is 32.0 Å². The zero-order valence-corrected chi connectivity index (χ0v) is 20.3. The third-order valence-electron chi connectivity index (χ3n) is 6.40. The van der Waals surface area contributed by atoms with E-state index in [1.54, 1.807) is 36.3 Å². The Hall–Kier alpha value is -3.76. The molecule has 1 atom stereocenters. The Morgan fingerprint density at radius 1 is 1.19 bits per heavy atom. The van der Waals surface area contributed by atoms with E-state index < -0.39 is 5.97 Å². The van der Waals surface area contributed by atoms with Crippen molar-refractivity contribution in [3.63, 3.8) is 0 Å². The molecule has 188 valence electrons. The van der Waals surface area contributed by atoms with Gasteiger partial charge in [0, 0.05) is 32.4 Å². The largest absolute Gasteiger partial charge is 0.465 e. The minimum Gasteiger partial charge on any atom is -0.465 e. The van der Waals surface area contributed by atoms with Crippen LogP contribution >= 0.6 is 0 Å². The fraction of sp³-hybridized carbons (Fsp3) is 0.385. The van der Waals surface area contributed by atoms with Gasteiger partial charge in [-0.15, -0.1) is 0 Å². The molecule has 0 unspecified atom stereocenters. The molecule has 1 saturated heterocycles. The second kappa shape index (κ2) is 10.5. The van der Waals surface area contributed by atoms with Crippen LogP contribution in [-0.2, 0) is 32.1 Å². The lowest BCUT2D eigenvalue weighted by Crippen LogP contribution is -2.36. The Labute approximate surface area is 208 Å². The van der Waals surface area contributed by atoms with Crippen LogP contribution in [0.4, 0.5) is 0 Å². The van der Waals surface area contributed by atoms with Gasteiger partial charge in [-0.3, -0.25) is 4.79 Å². The molecule has 0 bridgehead atoms. The number of fused-ring (bicyclic) bond motifs is 1. The van der Waals surface area contributed by atoms with Crippen LogP contribution in [0.25, 0.3) is 16.6 Å². The molecule has 0 radical (unpaired) electrons. The van der Waals surface area contributed by atoms with Gasteiger partial charge in [-0.05, 0) is 42.7 Å². The molecule has 0 N–H and O–H groups in total. The number of amides is 1. The summed E-state index contributed by atoms with van der Waals surface area (Å²) < 4.78 is 23.0. The number of benzene rings is 1. The van der Waals surface area contributed by atoms with Crippen molar-refractivity contribution in [1.82, 2.24) is 19.4 Å². The number of hydrogen-bond donors (Lipinski definition) is 0. The lowest BCUT2D eigenvalue weighted by Gasteiger charge is -2.29. The van der Waals surface area contributed by atoms with Crippen LogP contribution in [0.2, 0.25) is 0 Å². The Kier molecular flexibility index (Phi) is 6.97. The van der Waals surface area contributed by atoms with E-state index in [9.17, 15) is 9.59 Å². The molecule has 5 rings (SSSR count). The lowest BCUT2D eigenvalue weighted by molar-refractivity contribution is -0.127. The molecule has 2 aliphatic heterocycles. The third kappa shape index (κ3) is 4.95. The molecule has 36 heavy (non-hydrogen) atoms. The number of pyridine rings is 1. The van der Waals surface area contributed by atoms with E-state index in [1.165, 1.54) is 7.11 Å². The van der Waals surface area contributed by atoms with Crippen molar-refractivity contribution >= 4 is 28.5 Å². The number of esters is 1. The highest BCUT2D eigenvalue weighted by Gasteiger charge is 2.26. The van der Waals surface area contributed by atoms with E-state index in [-0.39, 0.29) is 18.8 Å². The summed E-state index contributed by atoms with van der Waals surface area (Å²) in [5.74, 6) is 0.694. The number of carbonyl (C=O) groups excluding carboxylic acids is 2. The van der Waals surface area contributed by atoms with Gasteiger partial charge in [-0.1, -0.05) is 6.07 Å². The summed E-state index contributed by atoms with van der Waals surface area (Å²) in [6.45, 7) is 2.34. The summed E-state index contributed by atoms with van der Waals surface area (Å²) in [6.07, 6.45) is 3.34. The van der Waals surface area contributed by atoms with Crippen LogP contribution < -0.4 is 4.74 Å². The molecular formula is C26H28N4O6. The molecule has 1 fully saturated rings. The predicted molar refractivity (Wildman–Crippen MR) is 130 cm³/mol. The summed E-state index contributed by atoms with van der Waals surface area (Å²) in [4.78, 5) is 36.2. The SMILES string of the molecule is COCOc1cccc(C2=CC(=O)N(Cc3nc4ccc(C(=O)OC)cc4n3C[C@@H]3CCO3)CC2)n1. The van der Waals surface area contributed by atoms with Crippen LogP contribution in [0, 0.1) is 0 Å². The van der Waals surface area contributed by atoms with E-state index >= 15 is 0 Å². The Morgan fingerprint density at radius 2 is 2.06 bits per heavy atom. The van der Waals surface area contributed by atoms with E-state index in [1.807, 2.05) is 18.2 Å². The standard InChI is InChI=1S/C26H28N4O6/c1-33-16-36-24-5-3-4-20(28-24)17-8-10-29(25(31)13-17)15-23-27-21-7-6-18(26(32)34-2)12-22(21)30(23)14-19-9-11-35-19/h3-7,12-13,19H,8-11,14-16H2,1-2H3/t19-/m0/s1. The van der Waals surface area contributed by atoms with E-state index in [0.717, 1.165) is 35.5 Å². The topological polar surface area (TPSA) is 105 Å². The second-order valence-corrected chi connectivity index (χ2v) is 8.71. The van der Waals surface area contributed by atoms with E-state index in [0.29, 0.717) is 43.2 Å². The maximum atomic E-state index is 13.1. The summed E-state index contributed by atoms with van der Waals surface area (Å²) in [6, 6.07) is 10.8. The minimum atomic E-state index is -0.403. The molecule has 2 aromatic heterocycles. The highest BCUT2D eigenvalue weighted by molar-refractivity contribution is 5.96. The van der Waals surface area contributed by atoms with Crippen LogP contribution in [0.1, 0.15) is 34.7 Å². The Morgan fingerprint density at radius 3 is 2.78 bits per heavy atom.